The first-order chi connectivity index (χ1) is 9.32. The van der Waals surface area contributed by atoms with Crippen molar-refractivity contribution in [2.24, 2.45) is 0 Å². The van der Waals surface area contributed by atoms with Gasteiger partial charge in [-0.15, -0.1) is 0 Å². The van der Waals surface area contributed by atoms with Crippen LogP contribution in [0.1, 0.15) is 37.7 Å². The summed E-state index contributed by atoms with van der Waals surface area (Å²) < 4.78 is 27.0. The molecular formula is C14H20ClNO3S. The van der Waals surface area contributed by atoms with E-state index in [1.54, 1.807) is 12.1 Å². The molecule has 0 unspecified atom stereocenters. The molecular weight excluding hydrogens is 298 g/mol. The van der Waals surface area contributed by atoms with Crippen LogP contribution in [0.15, 0.2) is 23.1 Å². The van der Waals surface area contributed by atoms with E-state index in [9.17, 15) is 13.5 Å². The molecule has 20 heavy (non-hydrogen) atoms. The molecule has 4 nitrogen and oxygen atoms in total. The first-order valence-corrected chi connectivity index (χ1v) is 8.67. The van der Waals surface area contributed by atoms with Crippen molar-refractivity contribution in [3.8, 4) is 0 Å². The second-order valence-corrected chi connectivity index (χ2v) is 7.69. The van der Waals surface area contributed by atoms with Crippen molar-refractivity contribution in [3.05, 3.63) is 28.8 Å². The summed E-state index contributed by atoms with van der Waals surface area (Å²) in [4.78, 5) is 0.0594. The molecule has 0 radical (unpaired) electrons. The molecule has 2 rings (SSSR count). The lowest BCUT2D eigenvalue weighted by Gasteiger charge is -2.32. The van der Waals surface area contributed by atoms with E-state index in [0.29, 0.717) is 12.8 Å². The Kier molecular flexibility index (Phi) is 4.74. The Bertz CT molecular complexity index is 580. The smallest absolute Gasteiger partial charge is 0.242 e. The number of aliphatic hydroxyl groups is 1. The van der Waals surface area contributed by atoms with Crippen LogP contribution in [0, 0.1) is 6.92 Å². The lowest BCUT2D eigenvalue weighted by molar-refractivity contribution is 0.00945. The highest BCUT2D eigenvalue weighted by atomic mass is 35.5. The first kappa shape index (κ1) is 15.8. The third kappa shape index (κ3) is 3.73. The number of sulfonamides is 1. The molecule has 1 saturated carbocycles. The van der Waals surface area contributed by atoms with Crippen molar-refractivity contribution < 1.29 is 13.5 Å². The summed E-state index contributed by atoms with van der Waals surface area (Å²) in [7, 11) is -3.69. The van der Waals surface area contributed by atoms with E-state index in [0.717, 1.165) is 24.8 Å². The Morgan fingerprint density at radius 1 is 1.30 bits per heavy atom. The molecule has 0 atom stereocenters. The second-order valence-electron chi connectivity index (χ2n) is 5.54. The minimum atomic E-state index is -3.69. The molecule has 2 N–H and O–H groups in total. The molecule has 112 valence electrons. The van der Waals surface area contributed by atoms with Crippen LogP contribution in [-0.4, -0.2) is 25.7 Å². The van der Waals surface area contributed by atoms with Crippen LogP contribution in [-0.2, 0) is 10.0 Å². The fraction of sp³-hybridized carbons (Fsp3) is 0.571. The van der Waals surface area contributed by atoms with Crippen molar-refractivity contribution in [2.45, 2.75) is 49.5 Å². The molecule has 6 heteroatoms. The van der Waals surface area contributed by atoms with Gasteiger partial charge in [0.1, 0.15) is 4.90 Å². The van der Waals surface area contributed by atoms with Gasteiger partial charge in [0, 0.05) is 6.54 Å². The van der Waals surface area contributed by atoms with Crippen LogP contribution in [0.25, 0.3) is 0 Å². The monoisotopic (exact) mass is 317 g/mol. The summed E-state index contributed by atoms with van der Waals surface area (Å²) in [6.45, 7) is 1.89. The van der Waals surface area contributed by atoms with Crippen LogP contribution in [0.3, 0.4) is 0 Å². The molecule has 1 aromatic rings. The molecule has 0 bridgehead atoms. The molecule has 0 aliphatic heterocycles. The number of halogens is 1. The van der Waals surface area contributed by atoms with Gasteiger partial charge < -0.3 is 5.11 Å². The van der Waals surface area contributed by atoms with Crippen LogP contribution < -0.4 is 4.72 Å². The zero-order chi connectivity index (χ0) is 14.8. The average molecular weight is 318 g/mol. The lowest BCUT2D eigenvalue weighted by atomic mass is 9.85. The van der Waals surface area contributed by atoms with Gasteiger partial charge in [-0.1, -0.05) is 36.9 Å². The molecule has 0 heterocycles. The van der Waals surface area contributed by atoms with Crippen molar-refractivity contribution in [2.75, 3.05) is 6.54 Å². The number of rotatable bonds is 4. The van der Waals surface area contributed by atoms with Crippen molar-refractivity contribution in [1.82, 2.24) is 4.72 Å². The SMILES string of the molecule is Cc1ccc(S(=O)(=O)NCC2(O)CCCCC2)c(Cl)c1. The zero-order valence-corrected chi connectivity index (χ0v) is 13.1. The highest BCUT2D eigenvalue weighted by Crippen LogP contribution is 2.28. The predicted octanol–water partition coefficient (Wildman–Crippen LogP) is 2.62. The van der Waals surface area contributed by atoms with Gasteiger partial charge in [-0.05, 0) is 37.5 Å². The third-order valence-electron chi connectivity index (χ3n) is 3.75. The molecule has 1 fully saturated rings. The maximum absolute atomic E-state index is 12.2. The Hall–Kier alpha value is -0.620. The van der Waals surface area contributed by atoms with Gasteiger partial charge in [-0.3, -0.25) is 0 Å². The van der Waals surface area contributed by atoms with Crippen LogP contribution in [0.4, 0.5) is 0 Å². The van der Waals surface area contributed by atoms with Gasteiger partial charge >= 0.3 is 0 Å². The molecule has 0 aromatic heterocycles. The van der Waals surface area contributed by atoms with Gasteiger partial charge in [-0.25, -0.2) is 13.1 Å². The Morgan fingerprint density at radius 3 is 2.55 bits per heavy atom. The third-order valence-corrected chi connectivity index (χ3v) is 5.64. The van der Waals surface area contributed by atoms with E-state index in [-0.39, 0.29) is 16.5 Å². The molecule has 0 amide bonds. The minimum Gasteiger partial charge on any atom is -0.389 e. The number of hydrogen-bond acceptors (Lipinski definition) is 3. The molecule has 0 saturated heterocycles. The average Bonchev–Trinajstić information content (AvgIpc) is 2.37. The maximum atomic E-state index is 12.2. The van der Waals surface area contributed by atoms with E-state index in [1.165, 1.54) is 6.07 Å². The summed E-state index contributed by atoms with van der Waals surface area (Å²) in [5.41, 5.74) is -0.0254. The summed E-state index contributed by atoms with van der Waals surface area (Å²) >= 11 is 5.99. The maximum Gasteiger partial charge on any atom is 0.242 e. The quantitative estimate of drug-likeness (QED) is 0.897. The van der Waals surface area contributed by atoms with E-state index < -0.39 is 15.6 Å². The normalized spacial score (nSPS) is 18.9. The predicted molar refractivity (Wildman–Crippen MR) is 79.4 cm³/mol. The fourth-order valence-corrected chi connectivity index (χ4v) is 4.23. The molecule has 0 spiro atoms. The lowest BCUT2D eigenvalue weighted by Crippen LogP contribution is -2.44. The van der Waals surface area contributed by atoms with Gasteiger partial charge in [0.25, 0.3) is 0 Å². The highest BCUT2D eigenvalue weighted by Gasteiger charge is 2.31. The summed E-state index contributed by atoms with van der Waals surface area (Å²) in [5, 5.41) is 10.5. The Morgan fingerprint density at radius 2 is 1.95 bits per heavy atom. The molecule has 1 aliphatic carbocycles. The Balaban J connectivity index is 2.11. The van der Waals surface area contributed by atoms with Gasteiger partial charge in [0.05, 0.1) is 10.6 Å². The number of aryl methyl sites for hydroxylation is 1. The summed E-state index contributed by atoms with van der Waals surface area (Å²) in [6.07, 6.45) is 4.24. The standard InChI is InChI=1S/C14H20ClNO3S/c1-11-5-6-13(12(15)9-11)20(18,19)16-10-14(17)7-3-2-4-8-14/h5-6,9,16-17H,2-4,7-8,10H2,1H3. The zero-order valence-electron chi connectivity index (χ0n) is 11.5. The van der Waals surface area contributed by atoms with Gasteiger partial charge in [0.2, 0.25) is 10.0 Å². The summed E-state index contributed by atoms with van der Waals surface area (Å²) in [6, 6.07) is 4.81. The number of nitrogens with one attached hydrogen (secondary N) is 1. The molecule has 1 aliphatic rings. The Labute approximate surface area is 125 Å². The van der Waals surface area contributed by atoms with Gasteiger partial charge in [0.15, 0.2) is 0 Å². The number of hydrogen-bond donors (Lipinski definition) is 2. The van der Waals surface area contributed by atoms with Crippen molar-refractivity contribution in [3.63, 3.8) is 0 Å². The topological polar surface area (TPSA) is 66.4 Å². The van der Waals surface area contributed by atoms with E-state index in [1.807, 2.05) is 6.92 Å². The van der Waals surface area contributed by atoms with Crippen LogP contribution >= 0.6 is 11.6 Å². The summed E-state index contributed by atoms with van der Waals surface area (Å²) in [5.74, 6) is 0. The van der Waals surface area contributed by atoms with Crippen molar-refractivity contribution in [1.29, 1.82) is 0 Å². The molecule has 1 aromatic carbocycles. The van der Waals surface area contributed by atoms with E-state index >= 15 is 0 Å². The van der Waals surface area contributed by atoms with E-state index in [2.05, 4.69) is 4.72 Å². The minimum absolute atomic E-state index is 0.0412. The van der Waals surface area contributed by atoms with Gasteiger partial charge in [-0.2, -0.15) is 0 Å². The second kappa shape index (κ2) is 6.02. The first-order valence-electron chi connectivity index (χ1n) is 6.81. The highest BCUT2D eigenvalue weighted by molar-refractivity contribution is 7.89. The number of benzene rings is 1. The largest absolute Gasteiger partial charge is 0.389 e. The van der Waals surface area contributed by atoms with Crippen LogP contribution in [0.2, 0.25) is 5.02 Å². The van der Waals surface area contributed by atoms with Crippen molar-refractivity contribution >= 4 is 21.6 Å². The van der Waals surface area contributed by atoms with Crippen LogP contribution in [0.5, 0.6) is 0 Å². The van der Waals surface area contributed by atoms with E-state index in [4.69, 9.17) is 11.6 Å². The fourth-order valence-electron chi connectivity index (χ4n) is 2.52.